The van der Waals surface area contributed by atoms with Gasteiger partial charge in [-0.3, -0.25) is 0 Å². The molecule has 0 saturated carbocycles. The first-order valence-electron chi connectivity index (χ1n) is 5.32. The summed E-state index contributed by atoms with van der Waals surface area (Å²) in [5, 5.41) is 0. The highest BCUT2D eigenvalue weighted by Crippen LogP contribution is 2.17. The first-order chi connectivity index (χ1) is 7.24. The number of rotatable bonds is 6. The Hall–Kier alpha value is -1.12. The van der Waals surface area contributed by atoms with E-state index >= 15 is 0 Å². The van der Waals surface area contributed by atoms with E-state index in [1.807, 2.05) is 0 Å². The molecule has 84 valence electrons. The van der Waals surface area contributed by atoms with Crippen molar-refractivity contribution in [2.24, 2.45) is 0 Å². The molecule has 3 heteroatoms. The standard InChI is InChI=1S/C12H16F2O/c1-2-3-4-5-8-15-12-7-6-10(13)9-11(12)14/h6-7,9H,2-5,8H2,1H3. The summed E-state index contributed by atoms with van der Waals surface area (Å²) in [6, 6.07) is 3.36. The third kappa shape index (κ3) is 4.28. The van der Waals surface area contributed by atoms with E-state index in [0.717, 1.165) is 31.7 Å². The summed E-state index contributed by atoms with van der Waals surface area (Å²) in [6.07, 6.45) is 4.31. The third-order valence-electron chi connectivity index (χ3n) is 2.15. The molecule has 0 spiro atoms. The molecule has 1 aromatic carbocycles. The number of halogens is 2. The Bertz CT molecular complexity index is 300. The molecule has 1 rings (SSSR count). The Labute approximate surface area is 89.1 Å². The molecule has 0 radical (unpaired) electrons. The van der Waals surface area contributed by atoms with Crippen LogP contribution in [0.3, 0.4) is 0 Å². The maximum Gasteiger partial charge on any atom is 0.167 e. The van der Waals surface area contributed by atoms with Gasteiger partial charge in [0.2, 0.25) is 0 Å². The third-order valence-corrected chi connectivity index (χ3v) is 2.15. The minimum absolute atomic E-state index is 0.132. The summed E-state index contributed by atoms with van der Waals surface area (Å²) in [5.74, 6) is -1.08. The highest BCUT2D eigenvalue weighted by Gasteiger charge is 2.03. The van der Waals surface area contributed by atoms with Crippen LogP contribution in [0.15, 0.2) is 18.2 Å². The Kier molecular flexibility index (Phi) is 5.08. The van der Waals surface area contributed by atoms with Gasteiger partial charge >= 0.3 is 0 Å². The topological polar surface area (TPSA) is 9.23 Å². The fourth-order valence-electron chi connectivity index (χ4n) is 1.30. The molecule has 0 amide bonds. The van der Waals surface area contributed by atoms with Crippen LogP contribution in [0.2, 0.25) is 0 Å². The Morgan fingerprint density at radius 3 is 2.60 bits per heavy atom. The first-order valence-corrected chi connectivity index (χ1v) is 5.32. The van der Waals surface area contributed by atoms with Crippen molar-refractivity contribution in [3.8, 4) is 5.75 Å². The summed E-state index contributed by atoms with van der Waals surface area (Å²) in [4.78, 5) is 0. The largest absolute Gasteiger partial charge is 0.491 e. The lowest BCUT2D eigenvalue weighted by Gasteiger charge is -2.06. The Morgan fingerprint density at radius 2 is 1.93 bits per heavy atom. The van der Waals surface area contributed by atoms with Gasteiger partial charge in [-0.1, -0.05) is 26.2 Å². The Balaban J connectivity index is 2.31. The molecule has 15 heavy (non-hydrogen) atoms. The van der Waals surface area contributed by atoms with Gasteiger partial charge in [0.05, 0.1) is 6.61 Å². The summed E-state index contributed by atoms with van der Waals surface area (Å²) < 4.78 is 30.8. The second-order valence-electron chi connectivity index (χ2n) is 3.48. The molecule has 0 fully saturated rings. The molecule has 0 unspecified atom stereocenters. The maximum absolute atomic E-state index is 13.1. The van der Waals surface area contributed by atoms with E-state index in [2.05, 4.69) is 6.92 Å². The lowest BCUT2D eigenvalue weighted by Crippen LogP contribution is -1.99. The lowest BCUT2D eigenvalue weighted by atomic mass is 10.2. The van der Waals surface area contributed by atoms with Crippen LogP contribution >= 0.6 is 0 Å². The van der Waals surface area contributed by atoms with Crippen LogP contribution in [0.25, 0.3) is 0 Å². The van der Waals surface area contributed by atoms with E-state index in [-0.39, 0.29) is 5.75 Å². The SMILES string of the molecule is CCCCCCOc1ccc(F)cc1F. The zero-order valence-corrected chi connectivity index (χ0v) is 8.93. The van der Waals surface area contributed by atoms with Crippen LogP contribution in [0.4, 0.5) is 8.78 Å². The van der Waals surface area contributed by atoms with Crippen molar-refractivity contribution in [2.45, 2.75) is 32.6 Å². The smallest absolute Gasteiger partial charge is 0.167 e. The highest BCUT2D eigenvalue weighted by molar-refractivity contribution is 5.24. The number of unbranched alkanes of at least 4 members (excludes halogenated alkanes) is 3. The molecule has 0 aromatic heterocycles. The lowest BCUT2D eigenvalue weighted by molar-refractivity contribution is 0.289. The second-order valence-corrected chi connectivity index (χ2v) is 3.48. The van der Waals surface area contributed by atoms with Crippen LogP contribution in [0.1, 0.15) is 32.6 Å². The van der Waals surface area contributed by atoms with Gasteiger partial charge in [0.15, 0.2) is 11.6 Å². The minimum Gasteiger partial charge on any atom is -0.491 e. The van der Waals surface area contributed by atoms with Gasteiger partial charge in [0.25, 0.3) is 0 Å². The van der Waals surface area contributed by atoms with Gasteiger partial charge in [-0.05, 0) is 18.6 Å². The van der Waals surface area contributed by atoms with Gasteiger partial charge in [-0.15, -0.1) is 0 Å². The number of hydrogen-bond acceptors (Lipinski definition) is 1. The fourth-order valence-corrected chi connectivity index (χ4v) is 1.30. The summed E-state index contributed by atoms with van der Waals surface area (Å²) in [5.41, 5.74) is 0. The van der Waals surface area contributed by atoms with Gasteiger partial charge < -0.3 is 4.74 Å². The van der Waals surface area contributed by atoms with E-state index < -0.39 is 11.6 Å². The Morgan fingerprint density at radius 1 is 1.13 bits per heavy atom. The second kappa shape index (κ2) is 6.38. The fraction of sp³-hybridized carbons (Fsp3) is 0.500. The normalized spacial score (nSPS) is 10.3. The van der Waals surface area contributed by atoms with Gasteiger partial charge in [-0.25, -0.2) is 8.78 Å². The van der Waals surface area contributed by atoms with Crippen molar-refractivity contribution in [1.29, 1.82) is 0 Å². The van der Waals surface area contributed by atoms with Crippen molar-refractivity contribution < 1.29 is 13.5 Å². The van der Waals surface area contributed by atoms with Crippen molar-refractivity contribution in [1.82, 2.24) is 0 Å². The number of hydrogen-bond donors (Lipinski definition) is 0. The van der Waals surface area contributed by atoms with Gasteiger partial charge in [-0.2, -0.15) is 0 Å². The summed E-state index contributed by atoms with van der Waals surface area (Å²) in [7, 11) is 0. The van der Waals surface area contributed by atoms with Crippen LogP contribution in [-0.2, 0) is 0 Å². The van der Waals surface area contributed by atoms with Crippen molar-refractivity contribution in [2.75, 3.05) is 6.61 Å². The zero-order chi connectivity index (χ0) is 11.1. The average molecular weight is 214 g/mol. The first kappa shape index (κ1) is 12.0. The van der Waals surface area contributed by atoms with E-state index in [4.69, 9.17) is 4.74 Å². The van der Waals surface area contributed by atoms with Crippen molar-refractivity contribution >= 4 is 0 Å². The van der Waals surface area contributed by atoms with E-state index in [1.54, 1.807) is 0 Å². The quantitative estimate of drug-likeness (QED) is 0.652. The minimum atomic E-state index is -0.634. The molecule has 1 aromatic rings. The van der Waals surface area contributed by atoms with Crippen molar-refractivity contribution in [3.05, 3.63) is 29.8 Å². The van der Waals surface area contributed by atoms with E-state index in [9.17, 15) is 8.78 Å². The monoisotopic (exact) mass is 214 g/mol. The highest BCUT2D eigenvalue weighted by atomic mass is 19.1. The molecule has 0 heterocycles. The molecule has 0 N–H and O–H groups in total. The molecule has 0 aliphatic carbocycles. The van der Waals surface area contributed by atoms with Crippen LogP contribution in [-0.4, -0.2) is 6.61 Å². The molecule has 0 aliphatic heterocycles. The van der Waals surface area contributed by atoms with Crippen LogP contribution in [0.5, 0.6) is 5.75 Å². The average Bonchev–Trinajstić information content (AvgIpc) is 2.20. The molecule has 0 bridgehead atoms. The number of ether oxygens (including phenoxy) is 1. The van der Waals surface area contributed by atoms with Crippen molar-refractivity contribution in [3.63, 3.8) is 0 Å². The van der Waals surface area contributed by atoms with Gasteiger partial charge in [0, 0.05) is 6.07 Å². The molecule has 0 aliphatic rings. The van der Waals surface area contributed by atoms with Crippen LogP contribution in [0, 0.1) is 11.6 Å². The predicted octanol–water partition coefficient (Wildman–Crippen LogP) is 3.92. The van der Waals surface area contributed by atoms with Gasteiger partial charge in [0.1, 0.15) is 5.82 Å². The molecular formula is C12H16F2O. The summed E-state index contributed by atoms with van der Waals surface area (Å²) >= 11 is 0. The molecular weight excluding hydrogens is 198 g/mol. The number of benzene rings is 1. The zero-order valence-electron chi connectivity index (χ0n) is 8.93. The predicted molar refractivity (Wildman–Crippen MR) is 56.0 cm³/mol. The molecule has 0 atom stereocenters. The summed E-state index contributed by atoms with van der Waals surface area (Å²) in [6.45, 7) is 2.61. The van der Waals surface area contributed by atoms with Crippen LogP contribution < -0.4 is 4.74 Å². The van der Waals surface area contributed by atoms with E-state index in [0.29, 0.717) is 6.61 Å². The molecule has 1 nitrogen and oxygen atoms in total. The van der Waals surface area contributed by atoms with E-state index in [1.165, 1.54) is 12.1 Å². The maximum atomic E-state index is 13.1. The molecule has 0 saturated heterocycles.